The van der Waals surface area contributed by atoms with E-state index in [1.807, 2.05) is 62.4 Å². The molecule has 0 fully saturated rings. The quantitative estimate of drug-likeness (QED) is 0.551. The van der Waals surface area contributed by atoms with E-state index < -0.39 is 0 Å². The van der Waals surface area contributed by atoms with Crippen LogP contribution in [-0.4, -0.2) is 10.5 Å². The van der Waals surface area contributed by atoms with Gasteiger partial charge in [0.25, 0.3) is 5.91 Å². The Morgan fingerprint density at radius 2 is 1.67 bits per heavy atom. The van der Waals surface area contributed by atoms with Gasteiger partial charge in [-0.1, -0.05) is 55.3 Å². The number of aromatic nitrogens is 1. The largest absolute Gasteiger partial charge is 0.342 e. The minimum absolute atomic E-state index is 0.0995. The van der Waals surface area contributed by atoms with Crippen LogP contribution >= 0.6 is 11.6 Å². The number of amides is 1. The second kappa shape index (κ2) is 8.01. The minimum Gasteiger partial charge on any atom is -0.342 e. The van der Waals surface area contributed by atoms with E-state index in [-0.39, 0.29) is 5.91 Å². The normalized spacial score (nSPS) is 11.0. The third kappa shape index (κ3) is 4.42. The van der Waals surface area contributed by atoms with Gasteiger partial charge in [-0.2, -0.15) is 0 Å². The number of rotatable bonds is 5. The van der Waals surface area contributed by atoms with Gasteiger partial charge in [-0.3, -0.25) is 4.79 Å². The summed E-state index contributed by atoms with van der Waals surface area (Å²) in [6, 6.07) is 15.5. The van der Waals surface area contributed by atoms with Crippen LogP contribution in [0.15, 0.2) is 54.7 Å². The van der Waals surface area contributed by atoms with Gasteiger partial charge in [0.2, 0.25) is 0 Å². The molecule has 3 rings (SSSR count). The molecule has 140 valence electrons. The summed E-state index contributed by atoms with van der Waals surface area (Å²) in [4.78, 5) is 13.2. The zero-order valence-corrected chi connectivity index (χ0v) is 17.0. The molecule has 0 atom stereocenters. The number of benzene rings is 2. The second-order valence-electron chi connectivity index (χ2n) is 7.41. The van der Waals surface area contributed by atoms with Crippen LogP contribution in [-0.2, 0) is 6.54 Å². The van der Waals surface area contributed by atoms with Gasteiger partial charge in [0.1, 0.15) is 5.69 Å². The Hall–Kier alpha value is -2.52. The maximum atomic E-state index is 13.2. The van der Waals surface area contributed by atoms with Gasteiger partial charge in [0.05, 0.1) is 0 Å². The number of halogens is 1. The average molecular weight is 381 g/mol. The molecule has 0 aliphatic rings. The van der Waals surface area contributed by atoms with E-state index in [2.05, 4.69) is 29.9 Å². The maximum Gasteiger partial charge on any atom is 0.272 e. The summed E-state index contributed by atoms with van der Waals surface area (Å²) in [5, 5.41) is 3.73. The van der Waals surface area contributed by atoms with Crippen molar-refractivity contribution in [2.75, 3.05) is 5.32 Å². The number of aryl methyl sites for hydroxylation is 2. The molecule has 3 nitrogen and oxygen atoms in total. The summed E-state index contributed by atoms with van der Waals surface area (Å²) < 4.78 is 2.06. The van der Waals surface area contributed by atoms with Crippen molar-refractivity contribution in [3.63, 3.8) is 0 Å². The molecule has 0 unspecified atom stereocenters. The van der Waals surface area contributed by atoms with Crippen molar-refractivity contribution in [1.82, 2.24) is 4.57 Å². The lowest BCUT2D eigenvalue weighted by molar-refractivity contribution is 0.101. The molecule has 0 radical (unpaired) electrons. The monoisotopic (exact) mass is 380 g/mol. The van der Waals surface area contributed by atoms with E-state index >= 15 is 0 Å². The molecule has 0 aliphatic carbocycles. The lowest BCUT2D eigenvalue weighted by Gasteiger charge is -2.14. The number of hydrogen-bond acceptors (Lipinski definition) is 1. The SMILES string of the molecule is Cc1ccc(NC(=O)c2c(-c3ccc(Cl)cc3)c(C)cn2CC(C)C)cc1. The first kappa shape index (κ1) is 19.2. The predicted molar refractivity (Wildman–Crippen MR) is 114 cm³/mol. The van der Waals surface area contributed by atoms with Gasteiger partial charge in [0.15, 0.2) is 0 Å². The summed E-state index contributed by atoms with van der Waals surface area (Å²) in [5.74, 6) is 0.332. The Bertz CT molecular complexity index is 938. The zero-order valence-electron chi connectivity index (χ0n) is 16.2. The molecular weight excluding hydrogens is 356 g/mol. The fraction of sp³-hybridized carbons (Fsp3) is 0.261. The highest BCUT2D eigenvalue weighted by Crippen LogP contribution is 2.31. The first-order valence-corrected chi connectivity index (χ1v) is 9.56. The molecule has 1 aromatic heterocycles. The van der Waals surface area contributed by atoms with Gasteiger partial charge in [-0.15, -0.1) is 0 Å². The molecule has 2 aromatic carbocycles. The predicted octanol–water partition coefficient (Wildman–Crippen LogP) is 6.33. The standard InChI is InChI=1S/C23H25ClN2O/c1-15(2)13-26-14-17(4)21(18-7-9-19(24)10-8-18)22(26)23(27)25-20-11-5-16(3)6-12-20/h5-12,14-15H,13H2,1-4H3,(H,25,27). The summed E-state index contributed by atoms with van der Waals surface area (Å²) in [6.45, 7) is 9.16. The van der Waals surface area contributed by atoms with E-state index in [1.165, 1.54) is 0 Å². The van der Waals surface area contributed by atoms with Crippen molar-refractivity contribution in [2.45, 2.75) is 34.2 Å². The molecule has 0 saturated heterocycles. The fourth-order valence-corrected chi connectivity index (χ4v) is 3.41. The van der Waals surface area contributed by atoms with Crippen molar-refractivity contribution in [3.8, 4) is 11.1 Å². The summed E-state index contributed by atoms with van der Waals surface area (Å²) in [7, 11) is 0. The van der Waals surface area contributed by atoms with Crippen LogP contribution < -0.4 is 5.32 Å². The number of nitrogens with one attached hydrogen (secondary N) is 1. The van der Waals surface area contributed by atoms with Gasteiger partial charge >= 0.3 is 0 Å². The number of anilines is 1. The molecule has 27 heavy (non-hydrogen) atoms. The summed E-state index contributed by atoms with van der Waals surface area (Å²) in [5.41, 5.74) is 5.66. The second-order valence-corrected chi connectivity index (χ2v) is 7.85. The van der Waals surface area contributed by atoms with E-state index in [9.17, 15) is 4.79 Å². The van der Waals surface area contributed by atoms with E-state index in [0.717, 1.165) is 34.5 Å². The Labute approximate surface area is 166 Å². The Balaban J connectivity index is 2.05. The highest BCUT2D eigenvalue weighted by atomic mass is 35.5. The molecule has 1 amide bonds. The Morgan fingerprint density at radius 3 is 2.26 bits per heavy atom. The third-order valence-electron chi connectivity index (χ3n) is 4.49. The molecule has 4 heteroatoms. The molecule has 1 N–H and O–H groups in total. The van der Waals surface area contributed by atoms with Gasteiger partial charge in [-0.05, 0) is 55.2 Å². The van der Waals surface area contributed by atoms with Gasteiger partial charge in [0, 0.05) is 29.0 Å². The first-order valence-electron chi connectivity index (χ1n) is 9.19. The Morgan fingerprint density at radius 1 is 1.04 bits per heavy atom. The molecule has 0 spiro atoms. The molecular formula is C23H25ClN2O. The maximum absolute atomic E-state index is 13.2. The summed E-state index contributed by atoms with van der Waals surface area (Å²) >= 11 is 6.05. The van der Waals surface area contributed by atoms with Crippen LogP contribution in [0.1, 0.15) is 35.5 Å². The van der Waals surface area contributed by atoms with E-state index in [0.29, 0.717) is 16.6 Å². The van der Waals surface area contributed by atoms with Crippen LogP contribution in [0.3, 0.4) is 0 Å². The molecule has 0 saturated carbocycles. The van der Waals surface area contributed by atoms with Crippen LogP contribution in [0.5, 0.6) is 0 Å². The number of nitrogens with zero attached hydrogens (tertiary/aromatic N) is 1. The zero-order chi connectivity index (χ0) is 19.6. The lowest BCUT2D eigenvalue weighted by Crippen LogP contribution is -2.19. The van der Waals surface area contributed by atoms with Crippen molar-refractivity contribution in [2.24, 2.45) is 5.92 Å². The summed E-state index contributed by atoms with van der Waals surface area (Å²) in [6.07, 6.45) is 2.06. The van der Waals surface area contributed by atoms with Crippen LogP contribution in [0.4, 0.5) is 5.69 Å². The van der Waals surface area contributed by atoms with Gasteiger partial charge in [-0.25, -0.2) is 0 Å². The number of hydrogen-bond donors (Lipinski definition) is 1. The van der Waals surface area contributed by atoms with Crippen molar-refractivity contribution >= 4 is 23.2 Å². The molecule has 0 aliphatic heterocycles. The smallest absolute Gasteiger partial charge is 0.272 e. The van der Waals surface area contributed by atoms with Crippen molar-refractivity contribution in [3.05, 3.63) is 76.6 Å². The highest BCUT2D eigenvalue weighted by Gasteiger charge is 2.22. The van der Waals surface area contributed by atoms with Crippen LogP contribution in [0.2, 0.25) is 5.02 Å². The Kier molecular flexibility index (Phi) is 5.71. The number of carbonyl (C=O) groups excluding carboxylic acids is 1. The molecule has 3 aromatic rings. The van der Waals surface area contributed by atoms with Gasteiger partial charge < -0.3 is 9.88 Å². The highest BCUT2D eigenvalue weighted by molar-refractivity contribution is 6.30. The van der Waals surface area contributed by atoms with Crippen molar-refractivity contribution < 1.29 is 4.79 Å². The molecule has 1 heterocycles. The lowest BCUT2D eigenvalue weighted by atomic mass is 10.0. The van der Waals surface area contributed by atoms with E-state index in [1.54, 1.807) is 0 Å². The van der Waals surface area contributed by atoms with Crippen LogP contribution in [0, 0.1) is 19.8 Å². The fourth-order valence-electron chi connectivity index (χ4n) is 3.28. The van der Waals surface area contributed by atoms with Crippen molar-refractivity contribution in [1.29, 1.82) is 0 Å². The number of carbonyl (C=O) groups is 1. The van der Waals surface area contributed by atoms with Crippen LogP contribution in [0.25, 0.3) is 11.1 Å². The first-order chi connectivity index (χ1) is 12.8. The average Bonchev–Trinajstić information content (AvgIpc) is 2.93. The third-order valence-corrected chi connectivity index (χ3v) is 4.74. The topological polar surface area (TPSA) is 34.0 Å². The molecule has 0 bridgehead atoms. The van der Waals surface area contributed by atoms with E-state index in [4.69, 9.17) is 11.6 Å². The minimum atomic E-state index is -0.0995.